The predicted molar refractivity (Wildman–Crippen MR) is 75.4 cm³/mol. The number of hydrogen-bond donors (Lipinski definition) is 3. The van der Waals surface area contributed by atoms with E-state index in [0.717, 1.165) is 17.7 Å². The molecule has 0 aliphatic heterocycles. The number of nitrogens with one attached hydrogen (secondary N) is 1. The Balaban J connectivity index is 2.03. The second-order valence-corrected chi connectivity index (χ2v) is 4.97. The van der Waals surface area contributed by atoms with E-state index in [1.54, 1.807) is 7.11 Å². The van der Waals surface area contributed by atoms with Gasteiger partial charge < -0.3 is 20.3 Å². The number of carboxylic acids is 1. The molecule has 0 radical (unpaired) electrons. The number of ether oxygens (including phenoxy) is 1. The molecule has 0 atom stereocenters. The monoisotopic (exact) mass is 294 g/mol. The van der Waals surface area contributed by atoms with Gasteiger partial charge in [0.1, 0.15) is 12.3 Å². The molecule has 0 heterocycles. The minimum absolute atomic E-state index is 0.00383. The average molecular weight is 294 g/mol. The number of hydrogen-bond acceptors (Lipinski definition) is 4. The Morgan fingerprint density at radius 1 is 1.33 bits per heavy atom. The molecule has 1 fully saturated rings. The minimum Gasteiger partial charge on any atom is -0.508 e. The van der Waals surface area contributed by atoms with Gasteiger partial charge in [-0.2, -0.15) is 0 Å². The van der Waals surface area contributed by atoms with E-state index in [9.17, 15) is 14.7 Å². The number of amides is 2. The lowest BCUT2D eigenvalue weighted by Crippen LogP contribution is -2.52. The second kappa shape index (κ2) is 6.45. The van der Waals surface area contributed by atoms with Gasteiger partial charge in [0.15, 0.2) is 0 Å². The molecule has 0 aromatic heterocycles. The van der Waals surface area contributed by atoms with Crippen LogP contribution in [0, 0.1) is 0 Å². The average Bonchev–Trinajstić information content (AvgIpc) is 2.40. The topological polar surface area (TPSA) is 99.1 Å². The summed E-state index contributed by atoms with van der Waals surface area (Å²) in [5.74, 6) is -1.06. The summed E-state index contributed by atoms with van der Waals surface area (Å²) in [7, 11) is 1.62. The van der Waals surface area contributed by atoms with Gasteiger partial charge in [-0.25, -0.2) is 4.79 Å². The van der Waals surface area contributed by atoms with Crippen LogP contribution in [0.5, 0.6) is 5.75 Å². The molecule has 7 heteroatoms. The summed E-state index contributed by atoms with van der Waals surface area (Å²) in [5.41, 5.74) is 0.412. The van der Waals surface area contributed by atoms with Crippen LogP contribution in [-0.4, -0.2) is 48.0 Å². The number of nitrogens with zero attached hydrogens (tertiary/aromatic N) is 1. The van der Waals surface area contributed by atoms with Crippen molar-refractivity contribution in [3.63, 3.8) is 0 Å². The first-order valence-electron chi connectivity index (χ1n) is 6.61. The summed E-state index contributed by atoms with van der Waals surface area (Å²) in [5, 5.41) is 21.0. The molecule has 0 spiro atoms. The minimum atomic E-state index is -1.11. The number of benzene rings is 1. The highest BCUT2D eigenvalue weighted by atomic mass is 16.5. The Labute approximate surface area is 122 Å². The van der Waals surface area contributed by atoms with Gasteiger partial charge in [0, 0.05) is 18.8 Å². The van der Waals surface area contributed by atoms with Gasteiger partial charge in [0.05, 0.1) is 6.10 Å². The number of aliphatic carboxylic acids is 1. The van der Waals surface area contributed by atoms with E-state index in [1.165, 1.54) is 24.3 Å². The summed E-state index contributed by atoms with van der Waals surface area (Å²) < 4.78 is 5.13. The molecule has 1 aromatic carbocycles. The van der Waals surface area contributed by atoms with Crippen LogP contribution in [0.2, 0.25) is 0 Å². The molecule has 21 heavy (non-hydrogen) atoms. The molecule has 0 bridgehead atoms. The summed E-state index contributed by atoms with van der Waals surface area (Å²) in [6.07, 6.45) is 1.59. The fraction of sp³-hybridized carbons (Fsp3) is 0.429. The van der Waals surface area contributed by atoms with Crippen molar-refractivity contribution in [2.75, 3.05) is 18.6 Å². The van der Waals surface area contributed by atoms with Crippen LogP contribution in [0.25, 0.3) is 0 Å². The van der Waals surface area contributed by atoms with Gasteiger partial charge in [-0.05, 0) is 37.1 Å². The predicted octanol–water partition coefficient (Wildman–Crippen LogP) is 1.17. The third kappa shape index (κ3) is 3.85. The highest BCUT2D eigenvalue weighted by Gasteiger charge is 2.32. The SMILES string of the molecule is COC1CC(NC(=O)N(CC(=O)O)c2ccc(O)cc2)C1. The number of urea groups is 1. The van der Waals surface area contributed by atoms with E-state index >= 15 is 0 Å². The van der Waals surface area contributed by atoms with Crippen molar-refractivity contribution in [3.8, 4) is 5.75 Å². The lowest BCUT2D eigenvalue weighted by Gasteiger charge is -2.36. The van der Waals surface area contributed by atoms with Crippen molar-refractivity contribution in [2.24, 2.45) is 0 Å². The summed E-state index contributed by atoms with van der Waals surface area (Å²) >= 11 is 0. The molecule has 2 rings (SSSR count). The Morgan fingerprint density at radius 2 is 1.95 bits per heavy atom. The van der Waals surface area contributed by atoms with E-state index in [0.29, 0.717) is 5.69 Å². The molecule has 0 unspecified atom stereocenters. The molecule has 1 aliphatic carbocycles. The van der Waals surface area contributed by atoms with Gasteiger partial charge in [-0.3, -0.25) is 9.69 Å². The fourth-order valence-corrected chi connectivity index (χ4v) is 2.18. The van der Waals surface area contributed by atoms with E-state index in [4.69, 9.17) is 9.84 Å². The number of aromatic hydroxyl groups is 1. The number of carboxylic acid groups (broad SMARTS) is 1. The molecule has 1 aliphatic rings. The van der Waals surface area contributed by atoms with Crippen LogP contribution in [0.4, 0.5) is 10.5 Å². The fourth-order valence-electron chi connectivity index (χ4n) is 2.18. The number of phenols is 1. The number of anilines is 1. The number of methoxy groups -OCH3 is 1. The van der Waals surface area contributed by atoms with Crippen LogP contribution in [-0.2, 0) is 9.53 Å². The van der Waals surface area contributed by atoms with Crippen LogP contribution >= 0.6 is 0 Å². The zero-order valence-electron chi connectivity index (χ0n) is 11.7. The van der Waals surface area contributed by atoms with Crippen molar-refractivity contribution in [3.05, 3.63) is 24.3 Å². The van der Waals surface area contributed by atoms with E-state index in [2.05, 4.69) is 5.32 Å². The maximum atomic E-state index is 12.2. The Kier molecular flexibility index (Phi) is 4.64. The van der Waals surface area contributed by atoms with Crippen molar-refractivity contribution >= 4 is 17.7 Å². The highest BCUT2D eigenvalue weighted by molar-refractivity contribution is 5.96. The third-order valence-corrected chi connectivity index (χ3v) is 3.46. The van der Waals surface area contributed by atoms with E-state index < -0.39 is 18.5 Å². The van der Waals surface area contributed by atoms with Gasteiger partial charge in [0.25, 0.3) is 0 Å². The van der Waals surface area contributed by atoms with Crippen molar-refractivity contribution in [1.29, 1.82) is 0 Å². The first-order valence-corrected chi connectivity index (χ1v) is 6.61. The van der Waals surface area contributed by atoms with Crippen LogP contribution in [0.3, 0.4) is 0 Å². The summed E-state index contributed by atoms with van der Waals surface area (Å²) in [6.45, 7) is -0.447. The number of carbonyl (C=O) groups excluding carboxylic acids is 1. The van der Waals surface area contributed by atoms with Crippen LogP contribution in [0.15, 0.2) is 24.3 Å². The van der Waals surface area contributed by atoms with Crippen molar-refractivity contribution in [2.45, 2.75) is 25.0 Å². The van der Waals surface area contributed by atoms with Crippen LogP contribution in [0.1, 0.15) is 12.8 Å². The standard InChI is InChI=1S/C14H18N2O5/c1-21-12-6-9(7-12)15-14(20)16(8-13(18)19)10-2-4-11(17)5-3-10/h2-5,9,12,17H,6-8H2,1H3,(H,15,20)(H,18,19). The lowest BCUT2D eigenvalue weighted by atomic mass is 9.89. The molecule has 114 valence electrons. The first-order chi connectivity index (χ1) is 9.99. The second-order valence-electron chi connectivity index (χ2n) is 4.97. The van der Waals surface area contributed by atoms with Crippen molar-refractivity contribution < 1.29 is 24.5 Å². The molecular formula is C14H18N2O5. The first kappa shape index (κ1) is 15.1. The zero-order chi connectivity index (χ0) is 15.4. The molecule has 1 saturated carbocycles. The molecular weight excluding hydrogens is 276 g/mol. The maximum Gasteiger partial charge on any atom is 0.323 e. The van der Waals surface area contributed by atoms with Gasteiger partial charge in [0.2, 0.25) is 0 Å². The Hall–Kier alpha value is -2.28. The molecule has 0 saturated heterocycles. The summed E-state index contributed by atoms with van der Waals surface area (Å²) in [4.78, 5) is 24.3. The lowest BCUT2D eigenvalue weighted by molar-refractivity contribution is -0.135. The highest BCUT2D eigenvalue weighted by Crippen LogP contribution is 2.24. The molecule has 1 aromatic rings. The normalized spacial score (nSPS) is 20.4. The van der Waals surface area contributed by atoms with E-state index in [1.807, 2.05) is 0 Å². The quantitative estimate of drug-likeness (QED) is 0.757. The van der Waals surface area contributed by atoms with Gasteiger partial charge in [-0.15, -0.1) is 0 Å². The van der Waals surface area contributed by atoms with Gasteiger partial charge >= 0.3 is 12.0 Å². The number of rotatable bonds is 5. The Bertz CT molecular complexity index is 511. The summed E-state index contributed by atoms with van der Waals surface area (Å²) in [6, 6.07) is 5.33. The van der Waals surface area contributed by atoms with E-state index in [-0.39, 0.29) is 17.9 Å². The third-order valence-electron chi connectivity index (χ3n) is 3.46. The number of carbonyl (C=O) groups is 2. The molecule has 3 N–H and O–H groups in total. The number of phenolic OH excluding ortho intramolecular Hbond substituents is 1. The molecule has 7 nitrogen and oxygen atoms in total. The largest absolute Gasteiger partial charge is 0.508 e. The van der Waals surface area contributed by atoms with Crippen molar-refractivity contribution in [1.82, 2.24) is 5.32 Å². The maximum absolute atomic E-state index is 12.2. The van der Waals surface area contributed by atoms with Gasteiger partial charge in [-0.1, -0.05) is 0 Å². The smallest absolute Gasteiger partial charge is 0.323 e. The van der Waals surface area contributed by atoms with Crippen LogP contribution < -0.4 is 10.2 Å². The Morgan fingerprint density at radius 3 is 2.48 bits per heavy atom. The zero-order valence-corrected chi connectivity index (χ0v) is 11.7. The molecule has 2 amide bonds.